The Morgan fingerprint density at radius 2 is 1.41 bits per heavy atom. The smallest absolute Gasteiger partial charge is 0.338 e. The summed E-state index contributed by atoms with van der Waals surface area (Å²) in [5.74, 6) is -0.339. The first-order valence-corrected chi connectivity index (χ1v) is 12.9. The monoisotopic (exact) mass is 526 g/mol. The molecule has 0 bridgehead atoms. The van der Waals surface area contributed by atoms with E-state index in [1.165, 1.54) is 6.07 Å². The van der Waals surface area contributed by atoms with Gasteiger partial charge in [-0.15, -0.1) is 0 Å². The molecule has 2 heterocycles. The van der Waals surface area contributed by atoms with Crippen LogP contribution in [0.3, 0.4) is 0 Å². The second kappa shape index (κ2) is 10.1. The van der Waals surface area contributed by atoms with Crippen LogP contribution in [0.25, 0.3) is 11.0 Å². The van der Waals surface area contributed by atoms with Gasteiger partial charge in [0, 0.05) is 12.5 Å². The van der Waals surface area contributed by atoms with Gasteiger partial charge in [0.1, 0.15) is 22.7 Å². The summed E-state index contributed by atoms with van der Waals surface area (Å²) in [5.41, 5.74) is 1.95. The van der Waals surface area contributed by atoms with Crippen LogP contribution in [0, 0.1) is 13.8 Å². The minimum absolute atomic E-state index is 0.224. The van der Waals surface area contributed by atoms with Crippen molar-refractivity contribution in [2.45, 2.75) is 58.8 Å². The molecule has 200 valence electrons. The van der Waals surface area contributed by atoms with Crippen LogP contribution in [0.5, 0.6) is 5.75 Å². The Labute approximate surface area is 226 Å². The molecule has 3 aromatic carbocycles. The molecule has 0 amide bonds. The number of benzene rings is 3. The van der Waals surface area contributed by atoms with E-state index >= 15 is 0 Å². The molecule has 39 heavy (non-hydrogen) atoms. The van der Waals surface area contributed by atoms with Crippen LogP contribution in [0.2, 0.25) is 0 Å². The standard InChI is InChI=1S/C32H30O7/c1-6-22-17-24(33)23-15-16-25-26(27(23)36-22)28(37-30(34)20-11-7-18(2)8-12-20)29(32(4,5)39-25)38-31(35)21-13-9-19(3)10-14-21/h7-17,28-29H,6H2,1-5H3/t28-,29-/m1/s1. The normalized spacial score (nSPS) is 17.7. The van der Waals surface area contributed by atoms with E-state index < -0.39 is 29.7 Å². The van der Waals surface area contributed by atoms with Gasteiger partial charge < -0.3 is 18.6 Å². The minimum atomic E-state index is -1.12. The molecular formula is C32H30O7. The van der Waals surface area contributed by atoms with Gasteiger partial charge in [-0.25, -0.2) is 9.59 Å². The van der Waals surface area contributed by atoms with Gasteiger partial charge in [0.2, 0.25) is 0 Å². The molecule has 5 rings (SSSR count). The first-order chi connectivity index (χ1) is 18.6. The van der Waals surface area contributed by atoms with Crippen molar-refractivity contribution < 1.29 is 28.2 Å². The second-order valence-electron chi connectivity index (χ2n) is 10.4. The van der Waals surface area contributed by atoms with Gasteiger partial charge in [-0.1, -0.05) is 42.3 Å². The highest BCUT2D eigenvalue weighted by Crippen LogP contribution is 2.46. The van der Waals surface area contributed by atoms with Crippen LogP contribution in [0.4, 0.5) is 0 Å². The molecule has 0 fully saturated rings. The van der Waals surface area contributed by atoms with Gasteiger partial charge in [0.15, 0.2) is 17.6 Å². The molecule has 0 unspecified atom stereocenters. The molecule has 4 aromatic rings. The first kappa shape index (κ1) is 26.2. The third-order valence-electron chi connectivity index (χ3n) is 6.96. The second-order valence-corrected chi connectivity index (χ2v) is 10.4. The third-order valence-corrected chi connectivity index (χ3v) is 6.96. The lowest BCUT2D eigenvalue weighted by Gasteiger charge is -2.43. The van der Waals surface area contributed by atoms with Crippen LogP contribution in [-0.4, -0.2) is 23.6 Å². The zero-order valence-electron chi connectivity index (χ0n) is 22.6. The molecule has 2 atom stereocenters. The highest BCUT2D eigenvalue weighted by atomic mass is 16.6. The summed E-state index contributed by atoms with van der Waals surface area (Å²) in [6.45, 7) is 9.25. The highest BCUT2D eigenvalue weighted by molar-refractivity contribution is 5.91. The zero-order chi connectivity index (χ0) is 27.9. The van der Waals surface area contributed by atoms with Crippen molar-refractivity contribution in [1.29, 1.82) is 0 Å². The predicted octanol–water partition coefficient (Wildman–Crippen LogP) is 6.27. The lowest BCUT2D eigenvalue weighted by Crippen LogP contribution is -2.52. The SMILES string of the molecule is CCc1cc(=O)c2ccc3c(c2o1)[C@@H](OC(=O)c1ccc(C)cc1)[C@@H](OC(=O)c1ccc(C)cc1)C(C)(C)O3. The molecule has 0 aliphatic carbocycles. The van der Waals surface area contributed by atoms with Crippen LogP contribution >= 0.6 is 0 Å². The van der Waals surface area contributed by atoms with Crippen molar-refractivity contribution in [2.24, 2.45) is 0 Å². The molecule has 0 saturated carbocycles. The van der Waals surface area contributed by atoms with Crippen LogP contribution in [0.15, 0.2) is 75.9 Å². The first-order valence-electron chi connectivity index (χ1n) is 12.9. The fourth-order valence-electron chi connectivity index (χ4n) is 4.73. The maximum atomic E-state index is 13.4. The minimum Gasteiger partial charge on any atom is -0.483 e. The van der Waals surface area contributed by atoms with E-state index in [0.717, 1.165) is 11.1 Å². The van der Waals surface area contributed by atoms with Gasteiger partial charge in [-0.3, -0.25) is 4.79 Å². The number of hydrogen-bond acceptors (Lipinski definition) is 7. The number of hydrogen-bond donors (Lipinski definition) is 0. The Morgan fingerprint density at radius 3 is 1.97 bits per heavy atom. The Hall–Kier alpha value is -4.39. The van der Waals surface area contributed by atoms with E-state index in [0.29, 0.717) is 40.0 Å². The van der Waals surface area contributed by atoms with Gasteiger partial charge in [0.25, 0.3) is 0 Å². The maximum absolute atomic E-state index is 13.4. The zero-order valence-corrected chi connectivity index (χ0v) is 22.6. The van der Waals surface area contributed by atoms with E-state index in [1.54, 1.807) is 50.2 Å². The van der Waals surface area contributed by atoms with Gasteiger partial charge in [-0.2, -0.15) is 0 Å². The molecule has 7 heteroatoms. The molecular weight excluding hydrogens is 496 g/mol. The number of rotatable bonds is 5. The lowest BCUT2D eigenvalue weighted by atomic mass is 9.87. The summed E-state index contributed by atoms with van der Waals surface area (Å²) in [6.07, 6.45) is -1.69. The summed E-state index contributed by atoms with van der Waals surface area (Å²) in [5, 5.41) is 0.314. The van der Waals surface area contributed by atoms with E-state index in [9.17, 15) is 14.4 Å². The molecule has 0 N–H and O–H groups in total. The number of esters is 2. The largest absolute Gasteiger partial charge is 0.483 e. The van der Waals surface area contributed by atoms with Gasteiger partial charge in [-0.05, 0) is 64.1 Å². The highest BCUT2D eigenvalue weighted by Gasteiger charge is 2.50. The van der Waals surface area contributed by atoms with Crippen molar-refractivity contribution >= 4 is 22.9 Å². The average Bonchev–Trinajstić information content (AvgIpc) is 2.90. The van der Waals surface area contributed by atoms with Crippen molar-refractivity contribution in [3.63, 3.8) is 0 Å². The predicted molar refractivity (Wildman–Crippen MR) is 146 cm³/mol. The van der Waals surface area contributed by atoms with Gasteiger partial charge >= 0.3 is 11.9 Å². The van der Waals surface area contributed by atoms with E-state index in [4.69, 9.17) is 18.6 Å². The molecule has 0 spiro atoms. The number of ether oxygens (including phenoxy) is 3. The number of aryl methyl sites for hydroxylation is 3. The van der Waals surface area contributed by atoms with E-state index in [-0.39, 0.29) is 11.0 Å². The third kappa shape index (κ3) is 5.04. The fraction of sp³-hybridized carbons (Fsp3) is 0.281. The van der Waals surface area contributed by atoms with E-state index in [2.05, 4.69) is 0 Å². The van der Waals surface area contributed by atoms with Crippen molar-refractivity contribution in [3.8, 4) is 5.75 Å². The van der Waals surface area contributed by atoms with Crippen LogP contribution in [0.1, 0.15) is 70.0 Å². The number of carbonyl (C=O) groups is 2. The number of carbonyl (C=O) groups excluding carboxylic acids is 2. The quantitative estimate of drug-likeness (QED) is 0.283. The lowest BCUT2D eigenvalue weighted by molar-refractivity contribution is -0.122. The summed E-state index contributed by atoms with van der Waals surface area (Å²) in [7, 11) is 0. The Balaban J connectivity index is 1.66. The Morgan fingerprint density at radius 1 is 0.846 bits per heavy atom. The van der Waals surface area contributed by atoms with E-state index in [1.807, 2.05) is 45.0 Å². The van der Waals surface area contributed by atoms with Crippen molar-refractivity contribution in [3.05, 3.63) is 111 Å². The molecule has 1 aliphatic heterocycles. The van der Waals surface area contributed by atoms with Crippen LogP contribution in [-0.2, 0) is 15.9 Å². The maximum Gasteiger partial charge on any atom is 0.338 e. The Kier molecular flexibility index (Phi) is 6.76. The van der Waals surface area contributed by atoms with Crippen molar-refractivity contribution in [2.75, 3.05) is 0 Å². The van der Waals surface area contributed by atoms with Gasteiger partial charge in [0.05, 0.1) is 22.1 Å². The Bertz CT molecular complexity index is 1610. The fourth-order valence-corrected chi connectivity index (χ4v) is 4.73. The van der Waals surface area contributed by atoms with Crippen LogP contribution < -0.4 is 10.2 Å². The summed E-state index contributed by atoms with van der Waals surface area (Å²) >= 11 is 0. The average molecular weight is 527 g/mol. The molecule has 0 saturated heterocycles. The molecule has 1 aliphatic rings. The van der Waals surface area contributed by atoms with Crippen molar-refractivity contribution in [1.82, 2.24) is 0 Å². The molecule has 1 aromatic heterocycles. The molecule has 0 radical (unpaired) electrons. The number of fused-ring (bicyclic) bond motifs is 3. The topological polar surface area (TPSA) is 92.0 Å². The molecule has 7 nitrogen and oxygen atoms in total. The summed E-state index contributed by atoms with van der Waals surface area (Å²) < 4.78 is 24.6. The summed E-state index contributed by atoms with van der Waals surface area (Å²) in [6, 6.07) is 18.7. The summed E-state index contributed by atoms with van der Waals surface area (Å²) in [4.78, 5) is 39.6.